The topological polar surface area (TPSA) is 109 Å². The van der Waals surface area contributed by atoms with Gasteiger partial charge in [-0.3, -0.25) is 4.79 Å². The van der Waals surface area contributed by atoms with Gasteiger partial charge in [-0.1, -0.05) is 0 Å². The van der Waals surface area contributed by atoms with Gasteiger partial charge in [0.2, 0.25) is 10.0 Å². The molecule has 0 bridgehead atoms. The molecule has 0 aromatic rings. The number of sulfone groups is 1. The molecule has 0 unspecified atom stereocenters. The van der Waals surface area contributed by atoms with Crippen LogP contribution in [0.5, 0.6) is 0 Å². The van der Waals surface area contributed by atoms with Crippen molar-refractivity contribution in [2.24, 2.45) is 0 Å². The molecule has 12 heteroatoms. The summed E-state index contributed by atoms with van der Waals surface area (Å²) in [5.74, 6) is -3.76. The lowest BCUT2D eigenvalue weighted by atomic mass is 10.6. The van der Waals surface area contributed by atoms with Crippen LogP contribution in [0.15, 0.2) is 0 Å². The van der Waals surface area contributed by atoms with Crippen LogP contribution >= 0.6 is 0 Å². The second kappa shape index (κ2) is 6.05. The molecular formula is C7H12F3NO6S2. The number of halogens is 3. The highest BCUT2D eigenvalue weighted by molar-refractivity contribution is 7.93. The fraction of sp³-hybridized carbons (Fsp3) is 0.857. The van der Waals surface area contributed by atoms with Crippen molar-refractivity contribution in [3.63, 3.8) is 0 Å². The molecule has 1 N–H and O–H groups in total. The molecule has 0 rings (SSSR count). The van der Waals surface area contributed by atoms with E-state index in [2.05, 4.69) is 0 Å². The average molecular weight is 327 g/mol. The Hall–Kier alpha value is -0.880. The van der Waals surface area contributed by atoms with Gasteiger partial charge in [-0.2, -0.15) is 17.5 Å². The van der Waals surface area contributed by atoms with Crippen LogP contribution in [0.1, 0.15) is 0 Å². The molecule has 7 nitrogen and oxygen atoms in total. The van der Waals surface area contributed by atoms with Crippen molar-refractivity contribution in [2.75, 3.05) is 30.9 Å². The van der Waals surface area contributed by atoms with Crippen LogP contribution in [-0.2, 0) is 24.7 Å². The molecule has 19 heavy (non-hydrogen) atoms. The first-order valence-electron chi connectivity index (χ1n) is 4.67. The van der Waals surface area contributed by atoms with Gasteiger partial charge in [0.15, 0.2) is 0 Å². The second-order valence-electron chi connectivity index (χ2n) is 3.72. The zero-order valence-electron chi connectivity index (χ0n) is 9.71. The predicted octanol–water partition coefficient (Wildman–Crippen LogP) is -0.690. The maximum Gasteiger partial charge on any atom is 0.402 e. The van der Waals surface area contributed by atoms with Gasteiger partial charge in [-0.25, -0.2) is 16.8 Å². The number of rotatable bonds is 7. The van der Waals surface area contributed by atoms with E-state index in [9.17, 15) is 34.8 Å². The van der Waals surface area contributed by atoms with E-state index in [1.165, 1.54) is 0 Å². The molecule has 0 aromatic heterocycles. The monoisotopic (exact) mass is 327 g/mol. The van der Waals surface area contributed by atoms with Crippen molar-refractivity contribution in [3.8, 4) is 0 Å². The van der Waals surface area contributed by atoms with Crippen LogP contribution in [0, 0.1) is 0 Å². The van der Waals surface area contributed by atoms with E-state index in [0.29, 0.717) is 6.26 Å². The molecule has 114 valence electrons. The maximum absolute atomic E-state index is 12.1. The fourth-order valence-electron chi connectivity index (χ4n) is 0.989. The van der Waals surface area contributed by atoms with Gasteiger partial charge in [-0.15, -0.1) is 0 Å². The van der Waals surface area contributed by atoms with E-state index < -0.39 is 56.6 Å². The summed E-state index contributed by atoms with van der Waals surface area (Å²) in [6.07, 6.45) is -4.21. The van der Waals surface area contributed by atoms with E-state index >= 15 is 0 Å². The first kappa shape index (κ1) is 18.1. The molecule has 0 atom stereocenters. The smallest absolute Gasteiger partial charge is 0.402 e. The Bertz CT molecular complexity index is 524. The largest absolute Gasteiger partial charge is 0.480 e. The van der Waals surface area contributed by atoms with Gasteiger partial charge in [0.05, 0.1) is 11.5 Å². The summed E-state index contributed by atoms with van der Waals surface area (Å²) in [5, 5.41) is 8.38. The molecule has 0 radical (unpaired) electrons. The minimum Gasteiger partial charge on any atom is -0.480 e. The number of hydrogen-bond acceptors (Lipinski definition) is 5. The summed E-state index contributed by atoms with van der Waals surface area (Å²) in [4.78, 5) is 10.4. The molecular weight excluding hydrogens is 315 g/mol. The van der Waals surface area contributed by atoms with E-state index in [0.717, 1.165) is 0 Å². The van der Waals surface area contributed by atoms with Gasteiger partial charge in [0.1, 0.15) is 22.9 Å². The molecule has 0 saturated heterocycles. The number of carboxylic acid groups (broad SMARTS) is 1. The van der Waals surface area contributed by atoms with E-state index in [1.54, 1.807) is 0 Å². The van der Waals surface area contributed by atoms with E-state index in [-0.39, 0.29) is 4.31 Å². The second-order valence-corrected chi connectivity index (χ2v) is 8.07. The molecule has 0 aliphatic carbocycles. The van der Waals surface area contributed by atoms with Gasteiger partial charge in [0.25, 0.3) is 0 Å². The number of nitrogens with zero attached hydrogens (tertiary/aromatic N) is 1. The quantitative estimate of drug-likeness (QED) is 0.663. The normalized spacial score (nSPS) is 13.7. The summed E-state index contributed by atoms with van der Waals surface area (Å²) < 4.78 is 80.7. The van der Waals surface area contributed by atoms with Crippen molar-refractivity contribution >= 4 is 25.8 Å². The summed E-state index contributed by atoms with van der Waals surface area (Å²) in [5.41, 5.74) is 0. The summed E-state index contributed by atoms with van der Waals surface area (Å²) in [6.45, 7) is -3.36. The first-order chi connectivity index (χ1) is 8.23. The Morgan fingerprint density at radius 1 is 1.16 bits per heavy atom. The summed E-state index contributed by atoms with van der Waals surface area (Å²) >= 11 is 0. The highest BCUT2D eigenvalue weighted by Gasteiger charge is 2.37. The molecule has 0 aliphatic rings. The SMILES string of the molecule is CS(=O)(=O)CCS(=O)(=O)N(CC(=O)O)CC(F)(F)F. The number of carbonyl (C=O) groups is 1. The highest BCUT2D eigenvalue weighted by atomic mass is 32.2. The maximum atomic E-state index is 12.1. The van der Waals surface area contributed by atoms with Crippen LogP contribution in [0.3, 0.4) is 0 Å². The average Bonchev–Trinajstić information content (AvgIpc) is 2.10. The van der Waals surface area contributed by atoms with Crippen LogP contribution in [0.25, 0.3) is 0 Å². The predicted molar refractivity (Wildman–Crippen MR) is 58.8 cm³/mol. The van der Waals surface area contributed by atoms with Crippen LogP contribution in [0.4, 0.5) is 13.2 Å². The zero-order valence-corrected chi connectivity index (χ0v) is 11.3. The molecule has 0 fully saturated rings. The van der Waals surface area contributed by atoms with Crippen molar-refractivity contribution in [2.45, 2.75) is 6.18 Å². The number of carboxylic acids is 1. The van der Waals surface area contributed by atoms with Crippen LogP contribution in [0.2, 0.25) is 0 Å². The van der Waals surface area contributed by atoms with Crippen LogP contribution in [-0.4, -0.2) is 69.2 Å². The van der Waals surface area contributed by atoms with Crippen molar-refractivity contribution in [1.29, 1.82) is 0 Å². The first-order valence-corrected chi connectivity index (χ1v) is 8.34. The molecule has 0 aliphatic heterocycles. The standard InChI is InChI=1S/C7H12F3NO6S2/c1-18(14,15)2-3-19(16,17)11(4-6(12)13)5-7(8,9)10/h2-5H2,1H3,(H,12,13). The van der Waals surface area contributed by atoms with Crippen molar-refractivity contribution in [1.82, 2.24) is 4.31 Å². The Labute approximate surface area is 108 Å². The number of aliphatic carboxylic acids is 1. The Morgan fingerprint density at radius 2 is 1.63 bits per heavy atom. The third-order valence-corrected chi connectivity index (χ3v) is 4.74. The molecule has 0 spiro atoms. The van der Waals surface area contributed by atoms with Gasteiger partial charge in [0, 0.05) is 6.26 Å². The van der Waals surface area contributed by atoms with E-state index in [1.807, 2.05) is 0 Å². The minimum absolute atomic E-state index is 0.305. The van der Waals surface area contributed by atoms with Gasteiger partial charge >= 0.3 is 12.1 Å². The third kappa shape index (κ3) is 8.77. The lowest BCUT2D eigenvalue weighted by Crippen LogP contribution is -2.43. The Balaban J connectivity index is 5.07. The number of hydrogen-bond donors (Lipinski definition) is 1. The number of sulfonamides is 1. The lowest BCUT2D eigenvalue weighted by molar-refractivity contribution is -0.145. The summed E-state index contributed by atoms with van der Waals surface area (Å²) in [6, 6.07) is 0. The van der Waals surface area contributed by atoms with Gasteiger partial charge in [-0.05, 0) is 0 Å². The number of alkyl halides is 3. The van der Waals surface area contributed by atoms with Crippen molar-refractivity contribution in [3.05, 3.63) is 0 Å². The molecule has 0 saturated carbocycles. The summed E-state index contributed by atoms with van der Waals surface area (Å²) in [7, 11) is -8.33. The van der Waals surface area contributed by atoms with Gasteiger partial charge < -0.3 is 5.11 Å². The van der Waals surface area contributed by atoms with Crippen LogP contribution < -0.4 is 0 Å². The lowest BCUT2D eigenvalue weighted by Gasteiger charge is -2.21. The third-order valence-electron chi connectivity index (χ3n) is 1.77. The Morgan fingerprint density at radius 3 is 1.95 bits per heavy atom. The Kier molecular flexibility index (Phi) is 5.77. The zero-order chi connectivity index (χ0) is 15.5. The molecule has 0 aromatic carbocycles. The molecule has 0 amide bonds. The van der Waals surface area contributed by atoms with Crippen molar-refractivity contribution < 1.29 is 39.9 Å². The van der Waals surface area contributed by atoms with E-state index in [4.69, 9.17) is 5.11 Å². The highest BCUT2D eigenvalue weighted by Crippen LogP contribution is 2.18. The fourth-order valence-corrected chi connectivity index (χ4v) is 3.95. The minimum atomic E-state index is -4.92. The molecule has 0 heterocycles.